The molecule has 0 heterocycles. The van der Waals surface area contributed by atoms with E-state index in [1.807, 2.05) is 0 Å². The first kappa shape index (κ1) is 71.6. The van der Waals surface area contributed by atoms with E-state index in [4.69, 9.17) is 14.2 Å². The van der Waals surface area contributed by atoms with Crippen LogP contribution in [0.4, 0.5) is 0 Å². The fraction of sp³-hybridized carbons (Fsp3) is 0.754. The summed E-state index contributed by atoms with van der Waals surface area (Å²) in [5.41, 5.74) is 0. The van der Waals surface area contributed by atoms with Gasteiger partial charge in [0.2, 0.25) is 0 Å². The Morgan fingerprint density at radius 1 is 0.267 bits per heavy atom. The van der Waals surface area contributed by atoms with E-state index < -0.39 is 6.10 Å². The zero-order valence-electron chi connectivity index (χ0n) is 49.6. The monoisotopic (exact) mass is 1040 g/mol. The van der Waals surface area contributed by atoms with Crippen LogP contribution in [-0.2, 0) is 28.6 Å². The van der Waals surface area contributed by atoms with Gasteiger partial charge in [0.25, 0.3) is 0 Å². The van der Waals surface area contributed by atoms with Crippen molar-refractivity contribution >= 4 is 17.9 Å². The largest absolute Gasteiger partial charge is 0.462 e. The summed E-state index contributed by atoms with van der Waals surface area (Å²) in [5, 5.41) is 0. The molecule has 432 valence electrons. The SMILES string of the molecule is CCCCC/C=C\C/C=C\C/C=C\C/C=C\CCCCCC(=O)OC[C@@H](COC(=O)CCCCCCCCC/C=C\CCCCCCCCCC)OC(=O)CCCCCCCCCCC/C=C\C/C=C\CCCCC. The van der Waals surface area contributed by atoms with Crippen LogP contribution in [0.25, 0.3) is 0 Å². The van der Waals surface area contributed by atoms with Crippen molar-refractivity contribution < 1.29 is 28.6 Å². The first-order chi connectivity index (χ1) is 37.0. The number of ether oxygens (including phenoxy) is 3. The molecule has 6 nitrogen and oxygen atoms in total. The van der Waals surface area contributed by atoms with E-state index >= 15 is 0 Å². The third-order valence-corrected chi connectivity index (χ3v) is 13.8. The van der Waals surface area contributed by atoms with Gasteiger partial charge in [-0.2, -0.15) is 0 Å². The Morgan fingerprint density at radius 3 is 0.800 bits per heavy atom. The van der Waals surface area contributed by atoms with Crippen LogP contribution in [0.5, 0.6) is 0 Å². The number of carbonyl (C=O) groups excluding carboxylic acids is 3. The third kappa shape index (κ3) is 61.3. The zero-order chi connectivity index (χ0) is 54.3. The number of hydrogen-bond donors (Lipinski definition) is 0. The predicted molar refractivity (Wildman–Crippen MR) is 325 cm³/mol. The van der Waals surface area contributed by atoms with Gasteiger partial charge in [-0.15, -0.1) is 0 Å². The van der Waals surface area contributed by atoms with Crippen molar-refractivity contribution in [2.45, 2.75) is 322 Å². The maximum atomic E-state index is 12.9. The highest BCUT2D eigenvalue weighted by Crippen LogP contribution is 2.16. The fourth-order valence-electron chi connectivity index (χ4n) is 8.98. The van der Waals surface area contributed by atoms with E-state index in [0.29, 0.717) is 19.3 Å². The van der Waals surface area contributed by atoms with Gasteiger partial charge in [0.05, 0.1) is 0 Å². The van der Waals surface area contributed by atoms with E-state index in [2.05, 4.69) is 106 Å². The summed E-state index contributed by atoms with van der Waals surface area (Å²) in [7, 11) is 0. The number of allylic oxidation sites excluding steroid dienone is 14. The summed E-state index contributed by atoms with van der Waals surface area (Å²) in [6.45, 7) is 6.59. The molecule has 0 amide bonds. The molecule has 0 saturated heterocycles. The summed E-state index contributed by atoms with van der Waals surface area (Å²) in [6, 6.07) is 0. The van der Waals surface area contributed by atoms with Crippen molar-refractivity contribution in [2.24, 2.45) is 0 Å². The Kier molecular flexibility index (Phi) is 60.3. The Bertz CT molecular complexity index is 1430. The van der Waals surface area contributed by atoms with E-state index in [-0.39, 0.29) is 31.1 Å². The normalized spacial score (nSPS) is 12.6. The molecule has 0 radical (unpaired) electrons. The van der Waals surface area contributed by atoms with Crippen LogP contribution in [0.1, 0.15) is 316 Å². The summed E-state index contributed by atoms with van der Waals surface area (Å²) < 4.78 is 16.9. The second-order valence-corrected chi connectivity index (χ2v) is 21.3. The van der Waals surface area contributed by atoms with Crippen LogP contribution in [0.2, 0.25) is 0 Å². The smallest absolute Gasteiger partial charge is 0.306 e. The van der Waals surface area contributed by atoms with Crippen molar-refractivity contribution in [3.8, 4) is 0 Å². The number of hydrogen-bond acceptors (Lipinski definition) is 6. The number of unbranched alkanes of at least 4 members (excludes halogenated alkanes) is 33. The van der Waals surface area contributed by atoms with Crippen LogP contribution in [0, 0.1) is 0 Å². The first-order valence-electron chi connectivity index (χ1n) is 32.1. The third-order valence-electron chi connectivity index (χ3n) is 13.8. The van der Waals surface area contributed by atoms with Gasteiger partial charge in [-0.05, 0) is 122 Å². The van der Waals surface area contributed by atoms with Crippen molar-refractivity contribution in [3.05, 3.63) is 85.1 Å². The number of esters is 3. The molecule has 0 aliphatic rings. The van der Waals surface area contributed by atoms with Gasteiger partial charge in [-0.1, -0.05) is 260 Å². The molecule has 0 N–H and O–H groups in total. The van der Waals surface area contributed by atoms with Crippen LogP contribution in [0.15, 0.2) is 85.1 Å². The summed E-state index contributed by atoms with van der Waals surface area (Å²) in [6.07, 6.45) is 82.9. The van der Waals surface area contributed by atoms with Gasteiger partial charge in [0, 0.05) is 19.3 Å². The minimum atomic E-state index is -0.796. The lowest BCUT2D eigenvalue weighted by molar-refractivity contribution is -0.167. The van der Waals surface area contributed by atoms with Crippen molar-refractivity contribution in [3.63, 3.8) is 0 Å². The summed E-state index contributed by atoms with van der Waals surface area (Å²) in [5.74, 6) is -0.918. The Labute approximate surface area is 465 Å². The van der Waals surface area contributed by atoms with Crippen molar-refractivity contribution in [1.82, 2.24) is 0 Å². The Balaban J connectivity index is 4.44. The van der Waals surface area contributed by atoms with Gasteiger partial charge in [0.1, 0.15) is 13.2 Å². The molecule has 0 rings (SSSR count). The lowest BCUT2D eigenvalue weighted by atomic mass is 10.1. The zero-order valence-corrected chi connectivity index (χ0v) is 49.6. The average molecular weight is 1050 g/mol. The quantitative estimate of drug-likeness (QED) is 0.0261. The maximum absolute atomic E-state index is 12.9. The highest BCUT2D eigenvalue weighted by Gasteiger charge is 2.19. The van der Waals surface area contributed by atoms with Gasteiger partial charge < -0.3 is 14.2 Å². The van der Waals surface area contributed by atoms with Crippen LogP contribution < -0.4 is 0 Å². The van der Waals surface area contributed by atoms with Gasteiger partial charge in [-0.3, -0.25) is 14.4 Å². The number of rotatable bonds is 58. The van der Waals surface area contributed by atoms with E-state index in [1.165, 1.54) is 186 Å². The molecule has 0 aromatic carbocycles. The number of carbonyl (C=O) groups is 3. The molecule has 0 fully saturated rings. The molecule has 0 aliphatic heterocycles. The fourth-order valence-corrected chi connectivity index (χ4v) is 8.98. The molecule has 0 aromatic rings. The Morgan fingerprint density at radius 2 is 0.480 bits per heavy atom. The molecule has 6 heteroatoms. The van der Waals surface area contributed by atoms with Crippen LogP contribution in [-0.4, -0.2) is 37.2 Å². The van der Waals surface area contributed by atoms with Crippen LogP contribution >= 0.6 is 0 Å². The topological polar surface area (TPSA) is 78.9 Å². The van der Waals surface area contributed by atoms with E-state index in [9.17, 15) is 14.4 Å². The molecule has 0 aromatic heterocycles. The minimum Gasteiger partial charge on any atom is -0.462 e. The molecule has 1 atom stereocenters. The summed E-state index contributed by atoms with van der Waals surface area (Å²) >= 11 is 0. The standard InChI is InChI=1S/C69H120O6/c1-4-7-10-13-16-19-22-25-28-31-34-37-40-43-46-49-52-55-58-61-67(70)73-64-66(75-69(72)63-60-57-54-51-48-45-42-39-36-33-30-27-24-21-18-15-12-9-6-3)65-74-68(71)62-59-56-53-50-47-44-41-38-35-32-29-26-23-20-17-14-11-8-5-2/h16,18-19,21,25,27-28,30,32,34-35,37,43,46,66H,4-15,17,20,22-24,26,29,31,33,36,38-42,44-45,47-65H2,1-3H3/b19-16-,21-18-,28-25-,30-27-,35-32-,37-34-,46-43-/t66-/m0/s1. The second kappa shape index (κ2) is 63.1. The molecule has 0 saturated carbocycles. The first-order valence-corrected chi connectivity index (χ1v) is 32.1. The lowest BCUT2D eigenvalue weighted by Crippen LogP contribution is -2.30. The van der Waals surface area contributed by atoms with E-state index in [0.717, 1.165) is 89.9 Å². The van der Waals surface area contributed by atoms with Gasteiger partial charge >= 0.3 is 17.9 Å². The second-order valence-electron chi connectivity index (χ2n) is 21.3. The highest BCUT2D eigenvalue weighted by molar-refractivity contribution is 5.71. The highest BCUT2D eigenvalue weighted by atomic mass is 16.6. The molecule has 75 heavy (non-hydrogen) atoms. The molecule has 0 bridgehead atoms. The minimum absolute atomic E-state index is 0.0900. The molecular formula is C69H120O6. The maximum Gasteiger partial charge on any atom is 0.306 e. The summed E-state index contributed by atoms with van der Waals surface area (Å²) in [4.78, 5) is 38.3. The Hall–Kier alpha value is -3.41. The molecular weight excluding hydrogens is 925 g/mol. The predicted octanol–water partition coefficient (Wildman–Crippen LogP) is 21.9. The molecule has 0 unspecified atom stereocenters. The van der Waals surface area contributed by atoms with Gasteiger partial charge in [-0.25, -0.2) is 0 Å². The lowest BCUT2D eigenvalue weighted by Gasteiger charge is -2.18. The average Bonchev–Trinajstić information content (AvgIpc) is 3.41. The van der Waals surface area contributed by atoms with E-state index in [1.54, 1.807) is 0 Å². The van der Waals surface area contributed by atoms with Crippen molar-refractivity contribution in [1.29, 1.82) is 0 Å². The van der Waals surface area contributed by atoms with Crippen LogP contribution in [0.3, 0.4) is 0 Å². The van der Waals surface area contributed by atoms with Gasteiger partial charge in [0.15, 0.2) is 6.10 Å². The molecule has 0 spiro atoms. The van der Waals surface area contributed by atoms with Crippen molar-refractivity contribution in [2.75, 3.05) is 13.2 Å². The molecule has 0 aliphatic carbocycles.